The second-order valence-corrected chi connectivity index (χ2v) is 3.89. The standard InChI is InChI=1S/C10H8N4S/c11-6-7-1-2-8(12)9(5-7)15-10-13-3-4-14-10/h1-5H,12H2,(H,13,14). The zero-order valence-corrected chi connectivity index (χ0v) is 8.58. The first kappa shape index (κ1) is 9.62. The molecule has 0 aliphatic rings. The van der Waals surface area contributed by atoms with Crippen LogP contribution in [-0.4, -0.2) is 9.97 Å². The fourth-order valence-electron chi connectivity index (χ4n) is 1.10. The number of aromatic amines is 1. The van der Waals surface area contributed by atoms with Crippen molar-refractivity contribution >= 4 is 17.4 Å². The Morgan fingerprint density at radius 1 is 1.47 bits per heavy atom. The van der Waals surface area contributed by atoms with Gasteiger partial charge in [0.2, 0.25) is 0 Å². The van der Waals surface area contributed by atoms with Gasteiger partial charge in [-0.2, -0.15) is 5.26 Å². The van der Waals surface area contributed by atoms with Crippen LogP contribution in [0.25, 0.3) is 0 Å². The molecule has 0 aliphatic carbocycles. The van der Waals surface area contributed by atoms with Crippen LogP contribution in [0, 0.1) is 11.3 Å². The number of rotatable bonds is 2. The van der Waals surface area contributed by atoms with E-state index in [2.05, 4.69) is 16.0 Å². The lowest BCUT2D eigenvalue weighted by atomic mass is 10.2. The Morgan fingerprint density at radius 2 is 2.33 bits per heavy atom. The molecule has 0 amide bonds. The average molecular weight is 216 g/mol. The maximum Gasteiger partial charge on any atom is 0.170 e. The van der Waals surface area contributed by atoms with E-state index >= 15 is 0 Å². The highest BCUT2D eigenvalue weighted by atomic mass is 32.2. The summed E-state index contributed by atoms with van der Waals surface area (Å²) >= 11 is 1.41. The third-order valence-corrected chi connectivity index (χ3v) is 2.81. The molecule has 0 spiro atoms. The van der Waals surface area contributed by atoms with Crippen molar-refractivity contribution in [2.75, 3.05) is 5.73 Å². The van der Waals surface area contributed by atoms with E-state index in [1.54, 1.807) is 30.6 Å². The molecular weight excluding hydrogens is 208 g/mol. The molecule has 0 saturated heterocycles. The second kappa shape index (κ2) is 4.07. The predicted octanol–water partition coefficient (Wildman–Crippen LogP) is 2.01. The Hall–Kier alpha value is -1.93. The maximum absolute atomic E-state index is 8.76. The van der Waals surface area contributed by atoms with Gasteiger partial charge in [0, 0.05) is 23.0 Å². The SMILES string of the molecule is N#Cc1ccc(N)c(Sc2ncc[nH]2)c1. The number of nitrogens with one attached hydrogen (secondary N) is 1. The predicted molar refractivity (Wildman–Crippen MR) is 58.3 cm³/mol. The number of nitriles is 1. The minimum atomic E-state index is 0.596. The normalized spacial score (nSPS) is 9.80. The molecule has 0 aliphatic heterocycles. The first-order valence-electron chi connectivity index (χ1n) is 4.26. The van der Waals surface area contributed by atoms with Gasteiger partial charge < -0.3 is 10.7 Å². The van der Waals surface area contributed by atoms with Gasteiger partial charge in [0.05, 0.1) is 11.6 Å². The Morgan fingerprint density at radius 3 is 3.00 bits per heavy atom. The molecule has 0 atom stereocenters. The molecule has 2 aromatic rings. The van der Waals surface area contributed by atoms with E-state index in [0.29, 0.717) is 11.3 Å². The molecule has 0 radical (unpaired) electrons. The summed E-state index contributed by atoms with van der Waals surface area (Å²) in [5, 5.41) is 9.52. The molecule has 3 N–H and O–H groups in total. The highest BCUT2D eigenvalue weighted by molar-refractivity contribution is 7.99. The number of anilines is 1. The maximum atomic E-state index is 8.76. The van der Waals surface area contributed by atoms with Gasteiger partial charge in [0.1, 0.15) is 0 Å². The molecule has 0 bridgehead atoms. The summed E-state index contributed by atoms with van der Waals surface area (Å²) in [4.78, 5) is 7.88. The van der Waals surface area contributed by atoms with Crippen molar-refractivity contribution in [2.45, 2.75) is 10.1 Å². The van der Waals surface area contributed by atoms with Crippen LogP contribution in [0.15, 0.2) is 40.6 Å². The molecule has 0 fully saturated rings. The Balaban J connectivity index is 2.32. The minimum Gasteiger partial charge on any atom is -0.398 e. The van der Waals surface area contributed by atoms with Crippen molar-refractivity contribution in [2.24, 2.45) is 0 Å². The topological polar surface area (TPSA) is 78.5 Å². The van der Waals surface area contributed by atoms with Gasteiger partial charge in [-0.1, -0.05) is 0 Å². The first-order chi connectivity index (χ1) is 7.29. The zero-order valence-electron chi connectivity index (χ0n) is 7.77. The second-order valence-electron chi connectivity index (χ2n) is 2.86. The van der Waals surface area contributed by atoms with Gasteiger partial charge in [-0.05, 0) is 30.0 Å². The Labute approximate surface area is 91.1 Å². The van der Waals surface area contributed by atoms with Gasteiger partial charge >= 0.3 is 0 Å². The van der Waals surface area contributed by atoms with Crippen molar-refractivity contribution < 1.29 is 0 Å². The molecule has 1 aromatic heterocycles. The van der Waals surface area contributed by atoms with E-state index in [1.165, 1.54) is 11.8 Å². The van der Waals surface area contributed by atoms with Crippen LogP contribution in [0.1, 0.15) is 5.56 Å². The van der Waals surface area contributed by atoms with Crippen LogP contribution >= 0.6 is 11.8 Å². The molecule has 15 heavy (non-hydrogen) atoms. The molecular formula is C10H8N4S. The lowest BCUT2D eigenvalue weighted by Gasteiger charge is -2.02. The van der Waals surface area contributed by atoms with E-state index in [4.69, 9.17) is 11.0 Å². The summed E-state index contributed by atoms with van der Waals surface area (Å²) in [7, 11) is 0. The average Bonchev–Trinajstić information content (AvgIpc) is 2.74. The molecule has 74 valence electrons. The van der Waals surface area contributed by atoms with Crippen LogP contribution in [0.3, 0.4) is 0 Å². The van der Waals surface area contributed by atoms with Crippen LogP contribution in [0.5, 0.6) is 0 Å². The van der Waals surface area contributed by atoms with Crippen LogP contribution in [0.2, 0.25) is 0 Å². The minimum absolute atomic E-state index is 0.596. The number of nitrogens with two attached hydrogens (primary N) is 1. The Kier molecular flexibility index (Phi) is 2.61. The van der Waals surface area contributed by atoms with Gasteiger partial charge in [-0.25, -0.2) is 4.98 Å². The number of hydrogen-bond acceptors (Lipinski definition) is 4. The molecule has 0 unspecified atom stereocenters. The van der Waals surface area contributed by atoms with Gasteiger partial charge in [-0.3, -0.25) is 0 Å². The summed E-state index contributed by atoms with van der Waals surface area (Å²) in [6, 6.07) is 7.25. The number of nitrogens with zero attached hydrogens (tertiary/aromatic N) is 2. The van der Waals surface area contributed by atoms with Gasteiger partial charge in [0.15, 0.2) is 5.16 Å². The first-order valence-corrected chi connectivity index (χ1v) is 5.08. The monoisotopic (exact) mass is 216 g/mol. The summed E-state index contributed by atoms with van der Waals surface area (Å²) < 4.78 is 0. The molecule has 2 rings (SSSR count). The summed E-state index contributed by atoms with van der Waals surface area (Å²) in [5.41, 5.74) is 7.03. The van der Waals surface area contributed by atoms with E-state index in [9.17, 15) is 0 Å². The molecule has 5 heteroatoms. The highest BCUT2D eigenvalue weighted by Gasteiger charge is 2.04. The van der Waals surface area contributed by atoms with Gasteiger partial charge in [0.25, 0.3) is 0 Å². The number of H-pyrrole nitrogens is 1. The third kappa shape index (κ3) is 2.11. The van der Waals surface area contributed by atoms with Gasteiger partial charge in [-0.15, -0.1) is 0 Å². The largest absolute Gasteiger partial charge is 0.398 e. The van der Waals surface area contributed by atoms with Crippen LogP contribution < -0.4 is 5.73 Å². The lowest BCUT2D eigenvalue weighted by molar-refractivity contribution is 1.06. The van der Waals surface area contributed by atoms with Crippen LogP contribution in [-0.2, 0) is 0 Å². The number of aromatic nitrogens is 2. The molecule has 0 saturated carbocycles. The van der Waals surface area contributed by atoms with Crippen molar-refractivity contribution in [1.82, 2.24) is 9.97 Å². The smallest absolute Gasteiger partial charge is 0.170 e. The van der Waals surface area contributed by atoms with E-state index in [1.807, 2.05) is 0 Å². The number of hydrogen-bond donors (Lipinski definition) is 2. The summed E-state index contributed by atoms with van der Waals surface area (Å²) in [6.07, 6.45) is 3.42. The lowest BCUT2D eigenvalue weighted by Crippen LogP contribution is -1.89. The third-order valence-electron chi connectivity index (χ3n) is 1.82. The summed E-state index contributed by atoms with van der Waals surface area (Å²) in [5.74, 6) is 0. The zero-order chi connectivity index (χ0) is 10.7. The molecule has 1 heterocycles. The fraction of sp³-hybridized carbons (Fsp3) is 0. The van der Waals surface area contributed by atoms with Crippen molar-refractivity contribution in [1.29, 1.82) is 5.26 Å². The number of nitrogen functional groups attached to an aromatic ring is 1. The van der Waals surface area contributed by atoms with Crippen molar-refractivity contribution in [3.8, 4) is 6.07 Å². The van der Waals surface area contributed by atoms with Crippen LogP contribution in [0.4, 0.5) is 5.69 Å². The van der Waals surface area contributed by atoms with Crippen molar-refractivity contribution in [3.05, 3.63) is 36.2 Å². The Bertz CT molecular complexity index is 499. The number of imidazole rings is 1. The van der Waals surface area contributed by atoms with E-state index in [-0.39, 0.29) is 0 Å². The quantitative estimate of drug-likeness (QED) is 0.753. The highest BCUT2D eigenvalue weighted by Crippen LogP contribution is 2.30. The molecule has 4 nitrogen and oxygen atoms in total. The molecule has 1 aromatic carbocycles. The number of benzene rings is 1. The van der Waals surface area contributed by atoms with Crippen molar-refractivity contribution in [3.63, 3.8) is 0 Å². The van der Waals surface area contributed by atoms with E-state index in [0.717, 1.165) is 10.1 Å². The van der Waals surface area contributed by atoms with E-state index < -0.39 is 0 Å². The fourth-order valence-corrected chi connectivity index (χ4v) is 1.92. The summed E-state index contributed by atoms with van der Waals surface area (Å²) in [6.45, 7) is 0.